The number of anilines is 3. The van der Waals surface area contributed by atoms with Gasteiger partial charge < -0.3 is 16.0 Å². The van der Waals surface area contributed by atoms with Gasteiger partial charge >= 0.3 is 0 Å². The Kier molecular flexibility index (Phi) is 7.58. The molecule has 3 amide bonds. The molecule has 3 N–H and O–H groups in total. The van der Waals surface area contributed by atoms with E-state index in [1.807, 2.05) is 6.07 Å². The van der Waals surface area contributed by atoms with E-state index in [1.54, 1.807) is 72.8 Å². The maximum absolute atomic E-state index is 12.5. The lowest BCUT2D eigenvalue weighted by Gasteiger charge is -2.08. The van der Waals surface area contributed by atoms with Crippen LogP contribution in [0.2, 0.25) is 5.02 Å². The molecule has 0 heterocycles. The van der Waals surface area contributed by atoms with E-state index in [2.05, 4.69) is 16.0 Å². The smallest absolute Gasteiger partial charge is 0.266 e. The maximum atomic E-state index is 12.5. The lowest BCUT2D eigenvalue weighted by Crippen LogP contribution is -2.14. The Morgan fingerprint density at radius 1 is 0.848 bits per heavy atom. The predicted octanol–water partition coefficient (Wildman–Crippen LogP) is 5.10. The molecule has 0 aliphatic rings. The van der Waals surface area contributed by atoms with Crippen LogP contribution < -0.4 is 16.0 Å². The van der Waals surface area contributed by atoms with E-state index in [0.29, 0.717) is 33.2 Å². The highest BCUT2D eigenvalue weighted by Crippen LogP contribution is 2.18. The molecule has 0 aromatic heterocycles. The van der Waals surface area contributed by atoms with Gasteiger partial charge in [0.05, 0.1) is 0 Å². The molecule has 7 nitrogen and oxygen atoms in total. The van der Waals surface area contributed by atoms with Crippen molar-refractivity contribution in [3.63, 3.8) is 0 Å². The molecule has 0 aliphatic heterocycles. The molecule has 0 saturated heterocycles. The van der Waals surface area contributed by atoms with Crippen LogP contribution in [0.4, 0.5) is 17.1 Å². The minimum Gasteiger partial charge on any atom is -0.326 e. The van der Waals surface area contributed by atoms with E-state index in [4.69, 9.17) is 11.6 Å². The summed E-state index contributed by atoms with van der Waals surface area (Å²) >= 11 is 5.85. The number of amides is 3. The van der Waals surface area contributed by atoms with Gasteiger partial charge in [0.2, 0.25) is 5.91 Å². The number of carbonyl (C=O) groups is 3. The summed E-state index contributed by atoms with van der Waals surface area (Å²) in [6, 6.07) is 21.7. The van der Waals surface area contributed by atoms with E-state index < -0.39 is 5.91 Å². The van der Waals surface area contributed by atoms with Crippen molar-refractivity contribution in [2.24, 2.45) is 0 Å². The third-order valence-corrected chi connectivity index (χ3v) is 4.64. The minimum atomic E-state index is -0.583. The number of nitriles is 1. The summed E-state index contributed by atoms with van der Waals surface area (Å²) in [7, 11) is 0. The number of hydrogen-bond donors (Lipinski definition) is 3. The van der Waals surface area contributed by atoms with Crippen LogP contribution in [0.1, 0.15) is 22.8 Å². The molecule has 33 heavy (non-hydrogen) atoms. The fourth-order valence-corrected chi connectivity index (χ4v) is 2.99. The van der Waals surface area contributed by atoms with Crippen molar-refractivity contribution in [1.82, 2.24) is 0 Å². The van der Waals surface area contributed by atoms with Gasteiger partial charge in [0.15, 0.2) is 0 Å². The summed E-state index contributed by atoms with van der Waals surface area (Å²) in [6.45, 7) is 1.40. The van der Waals surface area contributed by atoms with Crippen molar-refractivity contribution < 1.29 is 14.4 Å². The monoisotopic (exact) mass is 458 g/mol. The molecule has 0 spiro atoms. The summed E-state index contributed by atoms with van der Waals surface area (Å²) in [5.41, 5.74) is 2.48. The maximum Gasteiger partial charge on any atom is 0.266 e. The molecule has 8 heteroatoms. The quantitative estimate of drug-likeness (QED) is 0.352. The number of carbonyl (C=O) groups excluding carboxylic acids is 3. The summed E-state index contributed by atoms with van der Waals surface area (Å²) in [6.07, 6.45) is 1.43. The number of nitrogens with one attached hydrogen (secondary N) is 3. The zero-order valence-electron chi connectivity index (χ0n) is 17.6. The molecule has 0 saturated carbocycles. The molecule has 0 unspecified atom stereocenters. The number of rotatable bonds is 6. The molecule has 0 fully saturated rings. The topological polar surface area (TPSA) is 111 Å². The van der Waals surface area contributed by atoms with Crippen molar-refractivity contribution in [2.75, 3.05) is 16.0 Å². The van der Waals surface area contributed by atoms with Gasteiger partial charge in [-0.3, -0.25) is 14.4 Å². The highest BCUT2D eigenvalue weighted by molar-refractivity contribution is 6.30. The largest absolute Gasteiger partial charge is 0.326 e. The first kappa shape index (κ1) is 23.3. The summed E-state index contributed by atoms with van der Waals surface area (Å²) < 4.78 is 0. The van der Waals surface area contributed by atoms with Gasteiger partial charge in [0, 0.05) is 34.6 Å². The number of halogens is 1. The molecule has 3 rings (SSSR count). The van der Waals surface area contributed by atoms with Crippen molar-refractivity contribution in [1.29, 1.82) is 5.26 Å². The molecule has 0 bridgehead atoms. The Bertz CT molecular complexity index is 1260. The van der Waals surface area contributed by atoms with Crippen LogP contribution in [0.25, 0.3) is 6.08 Å². The van der Waals surface area contributed by atoms with Crippen LogP contribution >= 0.6 is 11.6 Å². The second-order valence-corrected chi connectivity index (χ2v) is 7.41. The SMILES string of the molecule is CC(=O)Nc1ccc(NC(=O)C(C#N)=Cc2cccc(NC(=O)c3ccc(Cl)cc3)c2)cc1. The number of hydrogen-bond acceptors (Lipinski definition) is 4. The summed E-state index contributed by atoms with van der Waals surface area (Å²) in [4.78, 5) is 36.0. The standard InChI is InChI=1S/C25H19ClN4O3/c1-16(31)28-21-9-11-22(12-10-21)29-25(33)19(15-27)13-17-3-2-4-23(14-17)30-24(32)18-5-7-20(26)8-6-18/h2-14H,1H3,(H,28,31)(H,29,33)(H,30,32). The van der Waals surface area contributed by atoms with Gasteiger partial charge in [-0.2, -0.15) is 5.26 Å². The molecule has 3 aromatic carbocycles. The van der Waals surface area contributed by atoms with Crippen LogP contribution in [0.15, 0.2) is 78.4 Å². The summed E-state index contributed by atoms with van der Waals surface area (Å²) in [5, 5.41) is 18.0. The first-order valence-corrected chi connectivity index (χ1v) is 10.2. The first-order valence-electron chi connectivity index (χ1n) is 9.82. The molecule has 0 atom stereocenters. The Morgan fingerprint density at radius 3 is 2.09 bits per heavy atom. The molecule has 3 aromatic rings. The van der Waals surface area contributed by atoms with Crippen LogP contribution in [0, 0.1) is 11.3 Å². The molecular formula is C25H19ClN4O3. The third kappa shape index (κ3) is 6.79. The number of benzene rings is 3. The Hall–Kier alpha value is -4.41. The van der Waals surface area contributed by atoms with E-state index in [-0.39, 0.29) is 17.4 Å². The van der Waals surface area contributed by atoms with Crippen molar-refractivity contribution in [3.05, 3.63) is 94.5 Å². The lowest BCUT2D eigenvalue weighted by molar-refractivity contribution is -0.114. The normalized spacial score (nSPS) is 10.6. The number of nitrogens with zero attached hydrogens (tertiary/aromatic N) is 1. The average Bonchev–Trinajstić information content (AvgIpc) is 2.79. The Labute approximate surface area is 195 Å². The van der Waals surface area contributed by atoms with Gasteiger partial charge in [-0.25, -0.2) is 0 Å². The van der Waals surface area contributed by atoms with Gasteiger partial charge in [0.1, 0.15) is 11.6 Å². The van der Waals surface area contributed by atoms with Crippen LogP contribution in [0.5, 0.6) is 0 Å². The molecule has 164 valence electrons. The van der Waals surface area contributed by atoms with Gasteiger partial charge in [0.25, 0.3) is 11.8 Å². The van der Waals surface area contributed by atoms with Gasteiger partial charge in [-0.05, 0) is 72.3 Å². The van der Waals surface area contributed by atoms with Gasteiger partial charge in [-0.1, -0.05) is 23.7 Å². The Balaban J connectivity index is 1.70. The highest BCUT2D eigenvalue weighted by Gasteiger charge is 2.11. The summed E-state index contributed by atoms with van der Waals surface area (Å²) in [5.74, 6) is -1.10. The van der Waals surface area contributed by atoms with E-state index >= 15 is 0 Å². The molecular weight excluding hydrogens is 440 g/mol. The van der Waals surface area contributed by atoms with E-state index in [9.17, 15) is 19.6 Å². The van der Waals surface area contributed by atoms with E-state index in [0.717, 1.165) is 0 Å². The van der Waals surface area contributed by atoms with Crippen molar-refractivity contribution >= 4 is 52.5 Å². The van der Waals surface area contributed by atoms with Crippen LogP contribution in [-0.2, 0) is 9.59 Å². The predicted molar refractivity (Wildman–Crippen MR) is 129 cm³/mol. The van der Waals surface area contributed by atoms with Crippen molar-refractivity contribution in [2.45, 2.75) is 6.92 Å². The molecule has 0 radical (unpaired) electrons. The first-order chi connectivity index (χ1) is 15.8. The minimum absolute atomic E-state index is 0.109. The fraction of sp³-hybridized carbons (Fsp3) is 0.0400. The highest BCUT2D eigenvalue weighted by atomic mass is 35.5. The third-order valence-electron chi connectivity index (χ3n) is 4.39. The van der Waals surface area contributed by atoms with Crippen molar-refractivity contribution in [3.8, 4) is 6.07 Å². The zero-order chi connectivity index (χ0) is 23.8. The second-order valence-electron chi connectivity index (χ2n) is 6.97. The lowest BCUT2D eigenvalue weighted by atomic mass is 10.1. The second kappa shape index (κ2) is 10.8. The average molecular weight is 459 g/mol. The van der Waals surface area contributed by atoms with Gasteiger partial charge in [-0.15, -0.1) is 0 Å². The van der Waals surface area contributed by atoms with Crippen LogP contribution in [-0.4, -0.2) is 17.7 Å². The molecule has 0 aliphatic carbocycles. The van der Waals surface area contributed by atoms with Crippen LogP contribution in [0.3, 0.4) is 0 Å². The zero-order valence-corrected chi connectivity index (χ0v) is 18.3. The Morgan fingerprint density at radius 2 is 1.48 bits per heavy atom. The van der Waals surface area contributed by atoms with E-state index in [1.165, 1.54) is 13.0 Å². The fourth-order valence-electron chi connectivity index (χ4n) is 2.86.